The molecule has 0 saturated heterocycles. The van der Waals surface area contributed by atoms with Gasteiger partial charge in [-0.15, -0.1) is 0 Å². The molecule has 2 heterocycles. The molecule has 1 aromatic carbocycles. The molecule has 3 rings (SSSR count). The van der Waals surface area contributed by atoms with Crippen molar-refractivity contribution in [3.63, 3.8) is 0 Å². The molecule has 0 bridgehead atoms. The maximum atomic E-state index is 13.3. The molecule has 1 amide bonds. The van der Waals surface area contributed by atoms with Crippen LogP contribution in [0.25, 0.3) is 0 Å². The van der Waals surface area contributed by atoms with Gasteiger partial charge in [0.15, 0.2) is 11.6 Å². The summed E-state index contributed by atoms with van der Waals surface area (Å²) in [6.07, 6.45) is 2.33. The van der Waals surface area contributed by atoms with Crippen LogP contribution in [0.15, 0.2) is 29.3 Å². The fourth-order valence-electron chi connectivity index (χ4n) is 2.93. The van der Waals surface area contributed by atoms with Crippen LogP contribution < -0.4 is 10.0 Å². The summed E-state index contributed by atoms with van der Waals surface area (Å²) in [5, 5.41) is 2.48. The highest BCUT2D eigenvalue weighted by molar-refractivity contribution is 7.89. The Morgan fingerprint density at radius 1 is 1.32 bits per heavy atom. The number of amides is 1. The van der Waals surface area contributed by atoms with E-state index in [4.69, 9.17) is 0 Å². The van der Waals surface area contributed by atoms with Crippen molar-refractivity contribution in [3.8, 4) is 0 Å². The molecule has 1 unspecified atom stereocenters. The van der Waals surface area contributed by atoms with Crippen LogP contribution >= 0.6 is 0 Å². The van der Waals surface area contributed by atoms with Gasteiger partial charge in [-0.05, 0) is 31.9 Å². The van der Waals surface area contributed by atoms with E-state index >= 15 is 0 Å². The fraction of sp³-hybridized carbons (Fsp3) is 0.312. The standard InChI is InChI=1S/C16H17F2N3O3S/c1-9-3-5-11-14(25(23,24)20-9)8-21(2)15(11)16(22)19-10-4-6-12(17)13(18)7-10/h4,6-9,20H,3,5H2,1-2H3,(H,19,22). The van der Waals surface area contributed by atoms with Crippen LogP contribution in [0.2, 0.25) is 0 Å². The summed E-state index contributed by atoms with van der Waals surface area (Å²) < 4.78 is 55.1. The number of halogens is 2. The van der Waals surface area contributed by atoms with Gasteiger partial charge in [0.05, 0.1) is 0 Å². The van der Waals surface area contributed by atoms with Crippen LogP contribution in [-0.2, 0) is 23.5 Å². The lowest BCUT2D eigenvalue weighted by atomic mass is 10.1. The van der Waals surface area contributed by atoms with Gasteiger partial charge in [-0.3, -0.25) is 4.79 Å². The van der Waals surface area contributed by atoms with Crippen LogP contribution in [0.1, 0.15) is 29.4 Å². The number of hydrogen-bond acceptors (Lipinski definition) is 3. The van der Waals surface area contributed by atoms with E-state index in [0.29, 0.717) is 18.4 Å². The van der Waals surface area contributed by atoms with E-state index in [-0.39, 0.29) is 22.3 Å². The predicted octanol–water partition coefficient (Wildman–Crippen LogP) is 2.17. The lowest BCUT2D eigenvalue weighted by Crippen LogP contribution is -2.30. The van der Waals surface area contributed by atoms with Crippen LogP contribution in [0, 0.1) is 11.6 Å². The van der Waals surface area contributed by atoms with Gasteiger partial charge in [-0.2, -0.15) is 0 Å². The summed E-state index contributed by atoms with van der Waals surface area (Å²) in [7, 11) is -2.15. The third-order valence-corrected chi connectivity index (χ3v) is 5.76. The number of sulfonamides is 1. The van der Waals surface area contributed by atoms with Crippen LogP contribution in [0.4, 0.5) is 14.5 Å². The van der Waals surface area contributed by atoms with E-state index in [1.54, 1.807) is 14.0 Å². The molecule has 1 aromatic heterocycles. The largest absolute Gasteiger partial charge is 0.345 e. The molecular formula is C16H17F2N3O3S. The molecule has 2 N–H and O–H groups in total. The van der Waals surface area contributed by atoms with Gasteiger partial charge in [0, 0.05) is 36.6 Å². The van der Waals surface area contributed by atoms with Gasteiger partial charge in [0.2, 0.25) is 10.0 Å². The van der Waals surface area contributed by atoms with E-state index in [9.17, 15) is 22.0 Å². The number of nitrogens with zero attached hydrogens (tertiary/aromatic N) is 1. The number of aromatic nitrogens is 1. The number of anilines is 1. The highest BCUT2D eigenvalue weighted by Gasteiger charge is 2.31. The SMILES string of the molecule is CC1CCc2c(cn(C)c2C(=O)Nc2ccc(F)c(F)c2)S(=O)(=O)N1. The molecule has 1 aliphatic rings. The van der Waals surface area contributed by atoms with E-state index in [1.807, 2.05) is 0 Å². The first kappa shape index (κ1) is 17.6. The van der Waals surface area contributed by atoms with Gasteiger partial charge in [0.25, 0.3) is 5.91 Å². The van der Waals surface area contributed by atoms with Crippen molar-refractivity contribution in [2.75, 3.05) is 5.32 Å². The first-order chi connectivity index (χ1) is 11.7. The molecule has 1 aliphatic heterocycles. The minimum atomic E-state index is -3.71. The highest BCUT2D eigenvalue weighted by Crippen LogP contribution is 2.27. The second-order valence-corrected chi connectivity index (χ2v) is 7.76. The number of benzene rings is 1. The number of nitrogens with one attached hydrogen (secondary N) is 2. The van der Waals surface area contributed by atoms with E-state index in [1.165, 1.54) is 16.8 Å². The lowest BCUT2D eigenvalue weighted by Gasteiger charge is -2.10. The summed E-state index contributed by atoms with van der Waals surface area (Å²) in [6.45, 7) is 1.75. The number of carbonyl (C=O) groups excluding carboxylic acids is 1. The molecule has 9 heteroatoms. The van der Waals surface area contributed by atoms with Crippen molar-refractivity contribution in [2.45, 2.75) is 30.7 Å². The molecule has 0 saturated carbocycles. The van der Waals surface area contributed by atoms with Gasteiger partial charge < -0.3 is 9.88 Å². The van der Waals surface area contributed by atoms with Crippen molar-refractivity contribution >= 4 is 21.6 Å². The van der Waals surface area contributed by atoms with Crippen molar-refractivity contribution in [2.24, 2.45) is 7.05 Å². The van der Waals surface area contributed by atoms with Crippen LogP contribution in [-0.4, -0.2) is 24.9 Å². The number of rotatable bonds is 2. The molecule has 134 valence electrons. The summed E-state index contributed by atoms with van der Waals surface area (Å²) in [5.74, 6) is -2.68. The van der Waals surface area contributed by atoms with E-state index < -0.39 is 27.6 Å². The van der Waals surface area contributed by atoms with Crippen LogP contribution in [0.5, 0.6) is 0 Å². The van der Waals surface area contributed by atoms with Crippen molar-refractivity contribution in [1.82, 2.24) is 9.29 Å². The number of aryl methyl sites for hydroxylation is 1. The maximum absolute atomic E-state index is 13.3. The molecule has 0 radical (unpaired) electrons. The Labute approximate surface area is 143 Å². The topological polar surface area (TPSA) is 80.2 Å². The first-order valence-corrected chi connectivity index (χ1v) is 9.14. The lowest BCUT2D eigenvalue weighted by molar-refractivity contribution is 0.101. The van der Waals surface area contributed by atoms with Crippen molar-refractivity contribution < 1.29 is 22.0 Å². The number of fused-ring (bicyclic) bond motifs is 1. The monoisotopic (exact) mass is 369 g/mol. The molecule has 0 spiro atoms. The summed E-state index contributed by atoms with van der Waals surface area (Å²) in [4.78, 5) is 12.7. The Balaban J connectivity index is 1.99. The minimum absolute atomic E-state index is 0.0646. The molecular weight excluding hydrogens is 352 g/mol. The van der Waals surface area contributed by atoms with Gasteiger partial charge in [-0.25, -0.2) is 21.9 Å². The van der Waals surface area contributed by atoms with E-state index in [2.05, 4.69) is 10.0 Å². The zero-order valence-corrected chi connectivity index (χ0v) is 14.5. The third kappa shape index (κ3) is 3.29. The predicted molar refractivity (Wildman–Crippen MR) is 87.8 cm³/mol. The second-order valence-electron chi connectivity index (χ2n) is 6.08. The normalized spacial score (nSPS) is 19.1. The fourth-order valence-corrected chi connectivity index (χ4v) is 4.53. The number of carbonyl (C=O) groups is 1. The summed E-state index contributed by atoms with van der Waals surface area (Å²) in [5.41, 5.74) is 0.681. The van der Waals surface area contributed by atoms with Crippen LogP contribution in [0.3, 0.4) is 0 Å². The third-order valence-electron chi connectivity index (χ3n) is 4.11. The molecule has 0 aliphatic carbocycles. The Hall–Kier alpha value is -2.26. The highest BCUT2D eigenvalue weighted by atomic mass is 32.2. The molecule has 1 atom stereocenters. The summed E-state index contributed by atoms with van der Waals surface area (Å²) >= 11 is 0. The van der Waals surface area contributed by atoms with Gasteiger partial charge in [-0.1, -0.05) is 0 Å². The zero-order valence-electron chi connectivity index (χ0n) is 13.6. The quantitative estimate of drug-likeness (QED) is 0.851. The molecule has 2 aromatic rings. The Morgan fingerprint density at radius 3 is 2.72 bits per heavy atom. The Kier molecular flexibility index (Phi) is 4.38. The molecule has 25 heavy (non-hydrogen) atoms. The maximum Gasteiger partial charge on any atom is 0.272 e. The summed E-state index contributed by atoms with van der Waals surface area (Å²) in [6, 6.07) is 2.77. The van der Waals surface area contributed by atoms with E-state index in [0.717, 1.165) is 12.1 Å². The zero-order chi connectivity index (χ0) is 18.4. The smallest absolute Gasteiger partial charge is 0.272 e. The average molecular weight is 369 g/mol. The van der Waals surface area contributed by atoms with Crippen molar-refractivity contribution in [3.05, 3.63) is 47.3 Å². The van der Waals surface area contributed by atoms with Gasteiger partial charge in [0.1, 0.15) is 10.6 Å². The number of hydrogen-bond donors (Lipinski definition) is 2. The molecule has 0 fully saturated rings. The molecule has 6 nitrogen and oxygen atoms in total. The average Bonchev–Trinajstić information content (AvgIpc) is 2.81. The first-order valence-electron chi connectivity index (χ1n) is 7.66. The Morgan fingerprint density at radius 2 is 2.04 bits per heavy atom. The van der Waals surface area contributed by atoms with Crippen molar-refractivity contribution in [1.29, 1.82) is 0 Å². The minimum Gasteiger partial charge on any atom is -0.345 e. The van der Waals surface area contributed by atoms with Gasteiger partial charge >= 0.3 is 0 Å². The second kappa shape index (κ2) is 6.23. The Bertz CT molecular complexity index is 954.